The van der Waals surface area contributed by atoms with E-state index in [2.05, 4.69) is 0 Å². The third kappa shape index (κ3) is 5.01. The second kappa shape index (κ2) is 9.45. The fraction of sp³-hybridized carbons (Fsp3) is 0.0833. The highest BCUT2D eigenvalue weighted by molar-refractivity contribution is 6.30. The number of rotatable bonds is 7. The summed E-state index contributed by atoms with van der Waals surface area (Å²) in [5.41, 5.74) is -0.105. The van der Waals surface area contributed by atoms with Gasteiger partial charge in [-0.15, -0.1) is 0 Å². The average Bonchev–Trinajstić information content (AvgIpc) is 2.81. The van der Waals surface area contributed by atoms with Crippen LogP contribution >= 0.6 is 11.6 Å². The van der Waals surface area contributed by atoms with Crippen LogP contribution in [0.1, 0.15) is 0 Å². The van der Waals surface area contributed by atoms with Gasteiger partial charge >= 0.3 is 5.97 Å². The van der Waals surface area contributed by atoms with Crippen LogP contribution in [-0.2, 0) is 4.79 Å². The lowest BCUT2D eigenvalue weighted by atomic mass is 10.2. The van der Waals surface area contributed by atoms with E-state index in [0.717, 1.165) is 0 Å². The number of esters is 1. The van der Waals surface area contributed by atoms with Gasteiger partial charge in [0.25, 0.3) is 0 Å². The molecule has 0 fully saturated rings. The average molecular weight is 453 g/mol. The highest BCUT2D eigenvalue weighted by atomic mass is 35.5. The molecular formula is C24H17ClO7. The second-order valence-electron chi connectivity index (χ2n) is 6.58. The smallest absolute Gasteiger partial charge is 0.349 e. The van der Waals surface area contributed by atoms with Crippen LogP contribution < -0.4 is 24.4 Å². The van der Waals surface area contributed by atoms with Gasteiger partial charge in [-0.05, 0) is 60.7 Å². The number of methoxy groups -OCH3 is 1. The monoisotopic (exact) mass is 452 g/mol. The Balaban J connectivity index is 1.44. The maximum absolute atomic E-state index is 12.7. The molecule has 3 aromatic carbocycles. The van der Waals surface area contributed by atoms with Gasteiger partial charge in [-0.1, -0.05) is 11.6 Å². The lowest BCUT2D eigenvalue weighted by Crippen LogP contribution is -2.17. The molecule has 7 nitrogen and oxygen atoms in total. The third-order valence-electron chi connectivity index (χ3n) is 4.40. The first-order valence-electron chi connectivity index (χ1n) is 9.48. The first kappa shape index (κ1) is 21.3. The number of fused-ring (bicyclic) bond motifs is 1. The van der Waals surface area contributed by atoms with E-state index in [1.54, 1.807) is 55.6 Å². The molecule has 0 N–H and O–H groups in total. The summed E-state index contributed by atoms with van der Waals surface area (Å²) in [6.07, 6.45) is 1.21. The van der Waals surface area contributed by atoms with Gasteiger partial charge in [0.15, 0.2) is 6.61 Å². The number of carbonyl (C=O) groups excluding carboxylic acids is 1. The van der Waals surface area contributed by atoms with Gasteiger partial charge in [0.05, 0.1) is 12.5 Å². The molecule has 4 rings (SSSR count). The maximum atomic E-state index is 12.7. The van der Waals surface area contributed by atoms with Crippen molar-refractivity contribution in [3.63, 3.8) is 0 Å². The molecule has 162 valence electrons. The molecule has 32 heavy (non-hydrogen) atoms. The van der Waals surface area contributed by atoms with Crippen LogP contribution in [0.4, 0.5) is 0 Å². The number of halogens is 1. The van der Waals surface area contributed by atoms with E-state index in [1.165, 1.54) is 24.5 Å². The molecule has 0 saturated heterocycles. The Bertz CT molecular complexity index is 1290. The molecule has 0 aliphatic heterocycles. The number of hydrogen-bond donors (Lipinski definition) is 0. The normalized spacial score (nSPS) is 10.6. The quantitative estimate of drug-likeness (QED) is 0.280. The van der Waals surface area contributed by atoms with E-state index < -0.39 is 5.97 Å². The Kier molecular flexibility index (Phi) is 6.28. The molecule has 1 aromatic heterocycles. The minimum Gasteiger partial charge on any atom is -0.497 e. The van der Waals surface area contributed by atoms with Gasteiger partial charge in [0.2, 0.25) is 11.2 Å². The molecule has 0 unspecified atom stereocenters. The van der Waals surface area contributed by atoms with Gasteiger partial charge in [-0.2, -0.15) is 0 Å². The fourth-order valence-electron chi connectivity index (χ4n) is 2.83. The lowest BCUT2D eigenvalue weighted by molar-refractivity contribution is -0.136. The molecule has 8 heteroatoms. The van der Waals surface area contributed by atoms with Crippen molar-refractivity contribution in [1.82, 2.24) is 0 Å². The predicted octanol–water partition coefficient (Wildman–Crippen LogP) is 5.23. The van der Waals surface area contributed by atoms with Crippen LogP contribution in [0.25, 0.3) is 11.0 Å². The molecule has 4 aromatic rings. The zero-order valence-electron chi connectivity index (χ0n) is 16.9. The zero-order chi connectivity index (χ0) is 22.5. The summed E-state index contributed by atoms with van der Waals surface area (Å²) in [5, 5.41) is 0.850. The van der Waals surface area contributed by atoms with E-state index in [4.69, 9.17) is 35.0 Å². The van der Waals surface area contributed by atoms with E-state index in [0.29, 0.717) is 22.3 Å². The second-order valence-corrected chi connectivity index (χ2v) is 7.02. The van der Waals surface area contributed by atoms with Gasteiger partial charge < -0.3 is 23.4 Å². The maximum Gasteiger partial charge on any atom is 0.349 e. The van der Waals surface area contributed by atoms with Crippen molar-refractivity contribution in [1.29, 1.82) is 0 Å². The number of benzene rings is 3. The van der Waals surface area contributed by atoms with Crippen molar-refractivity contribution >= 4 is 28.5 Å². The van der Waals surface area contributed by atoms with E-state index in [-0.39, 0.29) is 34.5 Å². The van der Waals surface area contributed by atoms with Crippen molar-refractivity contribution in [2.45, 2.75) is 0 Å². The van der Waals surface area contributed by atoms with Crippen LogP contribution in [0.3, 0.4) is 0 Å². The van der Waals surface area contributed by atoms with Crippen LogP contribution in [0.15, 0.2) is 82.2 Å². The predicted molar refractivity (Wildman–Crippen MR) is 118 cm³/mol. The summed E-state index contributed by atoms with van der Waals surface area (Å²) in [5.74, 6) is 1.26. The summed E-state index contributed by atoms with van der Waals surface area (Å²) >= 11 is 5.81. The minimum atomic E-state index is -0.610. The molecule has 0 aliphatic rings. The topological polar surface area (TPSA) is 84.2 Å². The molecule has 0 spiro atoms. The molecular weight excluding hydrogens is 436 g/mol. The Morgan fingerprint density at radius 2 is 1.56 bits per heavy atom. The fourth-order valence-corrected chi connectivity index (χ4v) is 2.96. The van der Waals surface area contributed by atoms with Crippen LogP contribution in [-0.4, -0.2) is 19.7 Å². The molecule has 0 amide bonds. The van der Waals surface area contributed by atoms with Gasteiger partial charge in [0, 0.05) is 11.1 Å². The number of hydrogen-bond acceptors (Lipinski definition) is 7. The van der Waals surface area contributed by atoms with Crippen molar-refractivity contribution in [3.05, 3.63) is 88.2 Å². The molecule has 0 radical (unpaired) electrons. The Morgan fingerprint density at radius 3 is 2.28 bits per heavy atom. The summed E-state index contributed by atoms with van der Waals surface area (Å²) in [6, 6.07) is 17.8. The summed E-state index contributed by atoms with van der Waals surface area (Å²) in [6.45, 7) is -0.293. The molecule has 0 aliphatic carbocycles. The highest BCUT2D eigenvalue weighted by Crippen LogP contribution is 2.25. The minimum absolute atomic E-state index is 0.0313. The van der Waals surface area contributed by atoms with Crippen molar-refractivity contribution in [2.24, 2.45) is 0 Å². The first-order valence-corrected chi connectivity index (χ1v) is 9.86. The van der Waals surface area contributed by atoms with Crippen LogP contribution in [0.2, 0.25) is 5.02 Å². The van der Waals surface area contributed by atoms with Gasteiger partial charge in [0.1, 0.15) is 34.8 Å². The molecule has 0 atom stereocenters. The summed E-state index contributed by atoms with van der Waals surface area (Å²) < 4.78 is 26.9. The number of carbonyl (C=O) groups is 1. The lowest BCUT2D eigenvalue weighted by Gasteiger charge is -2.08. The molecule has 1 heterocycles. The summed E-state index contributed by atoms with van der Waals surface area (Å²) in [4.78, 5) is 24.8. The Labute approximate surface area is 187 Å². The van der Waals surface area contributed by atoms with Gasteiger partial charge in [-0.25, -0.2) is 4.79 Å². The molecule has 0 saturated carbocycles. The van der Waals surface area contributed by atoms with Crippen molar-refractivity contribution < 1.29 is 28.2 Å². The largest absolute Gasteiger partial charge is 0.497 e. The van der Waals surface area contributed by atoms with E-state index in [1.807, 2.05) is 0 Å². The molecule has 0 bridgehead atoms. The van der Waals surface area contributed by atoms with E-state index in [9.17, 15) is 9.59 Å². The standard InChI is InChI=1S/C24H17ClO7/c1-28-16-6-8-18(9-7-16)31-22-13-30-21-12-19(10-11-20(21)24(22)27)32-23(26)14-29-17-4-2-15(25)3-5-17/h2-13H,14H2,1H3. The zero-order valence-corrected chi connectivity index (χ0v) is 17.6. The highest BCUT2D eigenvalue weighted by Gasteiger charge is 2.12. The van der Waals surface area contributed by atoms with Gasteiger partial charge in [-0.3, -0.25) is 4.79 Å². The van der Waals surface area contributed by atoms with Crippen LogP contribution in [0.5, 0.6) is 28.7 Å². The van der Waals surface area contributed by atoms with E-state index >= 15 is 0 Å². The third-order valence-corrected chi connectivity index (χ3v) is 4.66. The Morgan fingerprint density at radius 1 is 0.906 bits per heavy atom. The van der Waals surface area contributed by atoms with Crippen molar-refractivity contribution in [3.8, 4) is 28.7 Å². The Hall–Kier alpha value is -3.97. The number of ether oxygens (including phenoxy) is 4. The van der Waals surface area contributed by atoms with Crippen molar-refractivity contribution in [2.75, 3.05) is 13.7 Å². The van der Waals surface area contributed by atoms with Crippen LogP contribution in [0, 0.1) is 0 Å². The SMILES string of the molecule is COc1ccc(Oc2coc3cc(OC(=O)COc4ccc(Cl)cc4)ccc3c2=O)cc1. The first-order chi connectivity index (χ1) is 15.5. The summed E-state index contributed by atoms with van der Waals surface area (Å²) in [7, 11) is 1.56.